The molecule has 120 valence electrons. The average molecular weight is 359 g/mol. The van der Waals surface area contributed by atoms with Gasteiger partial charge in [-0.1, -0.05) is 29.8 Å². The van der Waals surface area contributed by atoms with Crippen molar-refractivity contribution in [2.45, 2.75) is 19.9 Å². The number of rotatable bonds is 9. The van der Waals surface area contributed by atoms with Crippen LogP contribution in [0.2, 0.25) is 0 Å². The smallest absolute Gasteiger partial charge is 0.119 e. The second-order valence-corrected chi connectivity index (χ2v) is 6.37. The Bertz CT molecular complexity index is 427. The summed E-state index contributed by atoms with van der Waals surface area (Å²) in [5.74, 6) is 1.42. The molecule has 0 spiro atoms. The summed E-state index contributed by atoms with van der Waals surface area (Å²) in [6.45, 7) is 7.53. The number of hydrogen-bond acceptors (Lipinski definition) is 4. The Morgan fingerprint density at radius 3 is 2.52 bits per heavy atom. The molecule has 0 amide bonds. The third-order valence-electron chi connectivity index (χ3n) is 3.41. The second kappa shape index (κ2) is 9.41. The van der Waals surface area contributed by atoms with Gasteiger partial charge in [0.1, 0.15) is 5.75 Å². The Morgan fingerprint density at radius 2 is 2.00 bits per heavy atom. The minimum absolute atomic E-state index is 0.145. The van der Waals surface area contributed by atoms with E-state index in [1.54, 1.807) is 14.2 Å². The SMILES string of the molecule is COCCN(CC(C)C)C(CN)c1cc(OC)ccc1Br. The molecule has 0 aliphatic rings. The van der Waals surface area contributed by atoms with Crippen molar-refractivity contribution < 1.29 is 9.47 Å². The van der Waals surface area contributed by atoms with Crippen molar-refractivity contribution in [2.24, 2.45) is 11.7 Å². The number of methoxy groups -OCH3 is 2. The van der Waals surface area contributed by atoms with Crippen LogP contribution in [0.1, 0.15) is 25.5 Å². The minimum atomic E-state index is 0.145. The van der Waals surface area contributed by atoms with Crippen LogP contribution in [0, 0.1) is 5.92 Å². The van der Waals surface area contributed by atoms with Gasteiger partial charge in [0.25, 0.3) is 0 Å². The van der Waals surface area contributed by atoms with Gasteiger partial charge in [0, 0.05) is 37.3 Å². The first-order valence-corrected chi connectivity index (χ1v) is 8.09. The number of nitrogens with zero attached hydrogens (tertiary/aromatic N) is 1. The van der Waals surface area contributed by atoms with Crippen molar-refractivity contribution in [3.05, 3.63) is 28.2 Å². The van der Waals surface area contributed by atoms with E-state index >= 15 is 0 Å². The molecule has 0 aliphatic carbocycles. The maximum Gasteiger partial charge on any atom is 0.119 e. The van der Waals surface area contributed by atoms with Gasteiger partial charge in [-0.25, -0.2) is 0 Å². The zero-order chi connectivity index (χ0) is 15.8. The first kappa shape index (κ1) is 18.4. The van der Waals surface area contributed by atoms with Crippen molar-refractivity contribution in [2.75, 3.05) is 40.5 Å². The Morgan fingerprint density at radius 1 is 1.29 bits per heavy atom. The molecule has 21 heavy (non-hydrogen) atoms. The fourth-order valence-electron chi connectivity index (χ4n) is 2.43. The summed E-state index contributed by atoms with van der Waals surface area (Å²) >= 11 is 3.63. The lowest BCUT2D eigenvalue weighted by Gasteiger charge is -2.33. The summed E-state index contributed by atoms with van der Waals surface area (Å²) in [6, 6.07) is 6.16. The first-order valence-electron chi connectivity index (χ1n) is 7.30. The third kappa shape index (κ3) is 5.58. The summed E-state index contributed by atoms with van der Waals surface area (Å²) in [7, 11) is 3.41. The van der Waals surface area contributed by atoms with Crippen LogP contribution in [0.5, 0.6) is 5.75 Å². The number of benzene rings is 1. The van der Waals surface area contributed by atoms with Gasteiger partial charge in [-0.15, -0.1) is 0 Å². The van der Waals surface area contributed by atoms with Gasteiger partial charge in [-0.05, 0) is 29.7 Å². The summed E-state index contributed by atoms with van der Waals surface area (Å²) < 4.78 is 11.6. The zero-order valence-corrected chi connectivity index (χ0v) is 15.0. The van der Waals surface area contributed by atoms with E-state index in [0.717, 1.165) is 28.9 Å². The number of ether oxygens (including phenoxy) is 2. The predicted octanol–water partition coefficient (Wildman–Crippen LogP) is 3.06. The molecule has 0 saturated carbocycles. The Balaban J connectivity index is 3.05. The van der Waals surface area contributed by atoms with Crippen LogP contribution >= 0.6 is 15.9 Å². The van der Waals surface area contributed by atoms with E-state index in [1.807, 2.05) is 12.1 Å². The number of halogens is 1. The van der Waals surface area contributed by atoms with E-state index in [1.165, 1.54) is 0 Å². The fraction of sp³-hybridized carbons (Fsp3) is 0.625. The summed E-state index contributed by atoms with van der Waals surface area (Å²) in [4.78, 5) is 2.38. The highest BCUT2D eigenvalue weighted by Crippen LogP contribution is 2.31. The van der Waals surface area contributed by atoms with Crippen LogP contribution in [0.3, 0.4) is 0 Å². The van der Waals surface area contributed by atoms with E-state index < -0.39 is 0 Å². The molecule has 2 N–H and O–H groups in total. The standard InChI is InChI=1S/C16H27BrN2O2/c1-12(2)11-19(7-8-20-3)16(10-18)14-9-13(21-4)5-6-15(14)17/h5-6,9,12,16H,7-8,10-11,18H2,1-4H3. The van der Waals surface area contributed by atoms with Crippen molar-refractivity contribution >= 4 is 15.9 Å². The highest BCUT2D eigenvalue weighted by Gasteiger charge is 2.22. The highest BCUT2D eigenvalue weighted by atomic mass is 79.9. The first-order chi connectivity index (χ1) is 10.0. The summed E-state index contributed by atoms with van der Waals surface area (Å²) in [5, 5.41) is 0. The molecule has 1 unspecified atom stereocenters. The quantitative estimate of drug-likeness (QED) is 0.736. The van der Waals surface area contributed by atoms with Crippen LogP contribution in [-0.4, -0.2) is 45.4 Å². The van der Waals surface area contributed by atoms with Gasteiger partial charge in [-0.3, -0.25) is 4.90 Å². The van der Waals surface area contributed by atoms with Gasteiger partial charge in [0.15, 0.2) is 0 Å². The summed E-state index contributed by atoms with van der Waals surface area (Å²) in [6.07, 6.45) is 0. The van der Waals surface area contributed by atoms with E-state index in [4.69, 9.17) is 15.2 Å². The van der Waals surface area contributed by atoms with E-state index in [-0.39, 0.29) is 6.04 Å². The third-order valence-corrected chi connectivity index (χ3v) is 4.13. The molecule has 0 aliphatic heterocycles. The lowest BCUT2D eigenvalue weighted by Crippen LogP contribution is -2.38. The zero-order valence-electron chi connectivity index (χ0n) is 13.4. The van der Waals surface area contributed by atoms with Gasteiger partial charge < -0.3 is 15.2 Å². The Hall–Kier alpha value is -0.620. The summed E-state index contributed by atoms with van der Waals surface area (Å²) in [5.41, 5.74) is 7.23. The molecule has 1 aromatic rings. The fourth-order valence-corrected chi connectivity index (χ4v) is 2.94. The minimum Gasteiger partial charge on any atom is -0.497 e. The van der Waals surface area contributed by atoms with Gasteiger partial charge in [-0.2, -0.15) is 0 Å². The van der Waals surface area contributed by atoms with Gasteiger partial charge >= 0.3 is 0 Å². The highest BCUT2D eigenvalue weighted by molar-refractivity contribution is 9.10. The van der Waals surface area contributed by atoms with Gasteiger partial charge in [0.05, 0.1) is 13.7 Å². The molecule has 1 rings (SSSR count). The average Bonchev–Trinajstić information content (AvgIpc) is 2.46. The molecule has 0 aromatic heterocycles. The predicted molar refractivity (Wildman–Crippen MR) is 90.8 cm³/mol. The molecular weight excluding hydrogens is 332 g/mol. The lowest BCUT2D eigenvalue weighted by atomic mass is 10.0. The van der Waals surface area contributed by atoms with Gasteiger partial charge in [0.2, 0.25) is 0 Å². The van der Waals surface area contributed by atoms with E-state index in [2.05, 4.69) is 40.7 Å². The van der Waals surface area contributed by atoms with Crippen molar-refractivity contribution in [3.63, 3.8) is 0 Å². The lowest BCUT2D eigenvalue weighted by molar-refractivity contribution is 0.111. The topological polar surface area (TPSA) is 47.7 Å². The normalized spacial score (nSPS) is 13.0. The molecule has 5 heteroatoms. The largest absolute Gasteiger partial charge is 0.497 e. The van der Waals surface area contributed by atoms with Crippen LogP contribution in [0.25, 0.3) is 0 Å². The molecule has 0 fully saturated rings. The van der Waals surface area contributed by atoms with E-state index in [0.29, 0.717) is 19.1 Å². The van der Waals surface area contributed by atoms with Crippen LogP contribution in [0.15, 0.2) is 22.7 Å². The molecule has 0 bridgehead atoms. The van der Waals surface area contributed by atoms with Crippen LogP contribution in [-0.2, 0) is 4.74 Å². The molecule has 4 nitrogen and oxygen atoms in total. The molecule has 0 heterocycles. The Labute approximate surface area is 136 Å². The monoisotopic (exact) mass is 358 g/mol. The van der Waals surface area contributed by atoms with Crippen molar-refractivity contribution in [3.8, 4) is 5.75 Å². The maximum atomic E-state index is 6.07. The number of nitrogens with two attached hydrogens (primary N) is 1. The molecular formula is C16H27BrN2O2. The van der Waals surface area contributed by atoms with Crippen LogP contribution < -0.4 is 10.5 Å². The van der Waals surface area contributed by atoms with E-state index in [9.17, 15) is 0 Å². The molecule has 1 aromatic carbocycles. The van der Waals surface area contributed by atoms with Crippen LogP contribution in [0.4, 0.5) is 0 Å². The molecule has 0 saturated heterocycles. The maximum absolute atomic E-state index is 6.07. The molecule has 0 radical (unpaired) electrons. The van der Waals surface area contributed by atoms with Crippen molar-refractivity contribution in [1.29, 1.82) is 0 Å². The second-order valence-electron chi connectivity index (χ2n) is 5.52. The molecule has 1 atom stereocenters. The Kier molecular flexibility index (Phi) is 8.26. The van der Waals surface area contributed by atoms with Crippen molar-refractivity contribution in [1.82, 2.24) is 4.90 Å². The number of hydrogen-bond donors (Lipinski definition) is 1.